The van der Waals surface area contributed by atoms with Gasteiger partial charge in [-0.05, 0) is 33.0 Å². The summed E-state index contributed by atoms with van der Waals surface area (Å²) in [7, 11) is 3.90. The van der Waals surface area contributed by atoms with E-state index in [0.29, 0.717) is 6.54 Å². The summed E-state index contributed by atoms with van der Waals surface area (Å²) in [6.07, 6.45) is 1.38. The van der Waals surface area contributed by atoms with Gasteiger partial charge < -0.3 is 14.9 Å². The maximum absolute atomic E-state index is 10.3. The number of hydrogen-bond donors (Lipinski definition) is 1. The van der Waals surface area contributed by atoms with Gasteiger partial charge in [-0.15, -0.1) is 10.2 Å². The van der Waals surface area contributed by atoms with Crippen molar-refractivity contribution < 1.29 is 5.11 Å². The highest BCUT2D eigenvalue weighted by Crippen LogP contribution is 2.25. The normalized spacial score (nSPS) is 16.5. The Balaban J connectivity index is 1.78. The van der Waals surface area contributed by atoms with Crippen LogP contribution in [-0.2, 0) is 19.5 Å². The van der Waals surface area contributed by atoms with Gasteiger partial charge >= 0.3 is 0 Å². The van der Waals surface area contributed by atoms with Crippen LogP contribution in [0.5, 0.6) is 0 Å². The fraction of sp³-hybridized carbons (Fsp3) is 0.667. The van der Waals surface area contributed by atoms with Crippen LogP contribution in [0.3, 0.4) is 0 Å². The Morgan fingerprint density at radius 2 is 2.17 bits per heavy atom. The third-order valence-electron chi connectivity index (χ3n) is 3.94. The highest BCUT2D eigenvalue weighted by Gasteiger charge is 2.22. The van der Waals surface area contributed by atoms with Crippen molar-refractivity contribution in [3.63, 3.8) is 0 Å². The minimum Gasteiger partial charge on any atom is -0.385 e. The molecule has 3 heterocycles. The van der Waals surface area contributed by atoms with E-state index in [4.69, 9.17) is 0 Å². The van der Waals surface area contributed by atoms with Gasteiger partial charge in [0.15, 0.2) is 0 Å². The lowest BCUT2D eigenvalue weighted by Gasteiger charge is -2.17. The van der Waals surface area contributed by atoms with Gasteiger partial charge in [0.25, 0.3) is 0 Å². The fourth-order valence-corrected chi connectivity index (χ4v) is 3.57. The average Bonchev–Trinajstić information content (AvgIpc) is 3.09. The van der Waals surface area contributed by atoms with Crippen LogP contribution in [0, 0.1) is 0 Å². The molecule has 1 aliphatic heterocycles. The zero-order chi connectivity index (χ0) is 16.4. The monoisotopic (exact) mass is 336 g/mol. The minimum absolute atomic E-state index is 0.550. The second-order valence-electron chi connectivity index (χ2n) is 6.17. The second-order valence-corrected chi connectivity index (χ2v) is 7.21. The van der Waals surface area contributed by atoms with Gasteiger partial charge in [0.05, 0.1) is 17.9 Å². The SMILES string of the molecule is CCc1nnc(N2CCCn3nc(C(O)CN(C)C)cc3C2)s1. The molecule has 23 heavy (non-hydrogen) atoms. The Kier molecular flexibility index (Phi) is 4.93. The largest absolute Gasteiger partial charge is 0.385 e. The lowest BCUT2D eigenvalue weighted by atomic mass is 10.2. The molecule has 1 N–H and O–H groups in total. The Hall–Kier alpha value is -1.51. The number of rotatable bonds is 5. The summed E-state index contributed by atoms with van der Waals surface area (Å²) in [4.78, 5) is 4.23. The molecule has 0 bridgehead atoms. The maximum atomic E-state index is 10.3. The number of hydrogen-bond acceptors (Lipinski definition) is 7. The molecule has 0 saturated heterocycles. The first-order valence-electron chi connectivity index (χ1n) is 8.03. The molecule has 2 aromatic heterocycles. The van der Waals surface area contributed by atoms with E-state index in [1.165, 1.54) is 0 Å². The van der Waals surface area contributed by atoms with Crippen molar-refractivity contribution in [1.82, 2.24) is 24.9 Å². The molecular formula is C15H24N6OS. The number of aliphatic hydroxyl groups is 1. The Morgan fingerprint density at radius 1 is 1.35 bits per heavy atom. The highest BCUT2D eigenvalue weighted by molar-refractivity contribution is 7.15. The molecule has 0 radical (unpaired) electrons. The molecule has 0 saturated carbocycles. The molecule has 0 amide bonds. The first kappa shape index (κ1) is 16.4. The van der Waals surface area contributed by atoms with Crippen molar-refractivity contribution in [3.05, 3.63) is 22.5 Å². The number of anilines is 1. The van der Waals surface area contributed by atoms with E-state index in [-0.39, 0.29) is 0 Å². The van der Waals surface area contributed by atoms with E-state index in [1.807, 2.05) is 29.7 Å². The van der Waals surface area contributed by atoms with Gasteiger partial charge in [-0.1, -0.05) is 18.3 Å². The number of aryl methyl sites for hydroxylation is 2. The van der Waals surface area contributed by atoms with Crippen LogP contribution in [0.15, 0.2) is 6.07 Å². The third kappa shape index (κ3) is 3.70. The highest BCUT2D eigenvalue weighted by atomic mass is 32.1. The van der Waals surface area contributed by atoms with Crippen LogP contribution in [-0.4, -0.2) is 57.2 Å². The molecule has 0 aromatic carbocycles. The van der Waals surface area contributed by atoms with Crippen molar-refractivity contribution >= 4 is 16.5 Å². The van der Waals surface area contributed by atoms with Crippen LogP contribution < -0.4 is 4.90 Å². The number of likely N-dealkylation sites (N-methyl/N-ethyl adjacent to an activating group) is 1. The van der Waals surface area contributed by atoms with Crippen LogP contribution >= 0.6 is 11.3 Å². The quantitative estimate of drug-likeness (QED) is 0.887. The molecule has 8 heteroatoms. The van der Waals surface area contributed by atoms with Gasteiger partial charge in [-0.25, -0.2) is 0 Å². The first-order valence-corrected chi connectivity index (χ1v) is 8.85. The van der Waals surface area contributed by atoms with Crippen molar-refractivity contribution in [2.45, 2.75) is 39.0 Å². The molecule has 0 aliphatic carbocycles. The Morgan fingerprint density at radius 3 is 2.87 bits per heavy atom. The Labute approximate surface area is 140 Å². The maximum Gasteiger partial charge on any atom is 0.208 e. The number of fused-ring (bicyclic) bond motifs is 1. The van der Waals surface area contributed by atoms with E-state index >= 15 is 0 Å². The zero-order valence-electron chi connectivity index (χ0n) is 13.9. The molecule has 1 unspecified atom stereocenters. The summed E-state index contributed by atoms with van der Waals surface area (Å²) < 4.78 is 2.02. The Bertz CT molecular complexity index is 652. The summed E-state index contributed by atoms with van der Waals surface area (Å²) >= 11 is 1.66. The van der Waals surface area contributed by atoms with Gasteiger partial charge in [-0.3, -0.25) is 4.68 Å². The molecule has 2 aromatic rings. The molecular weight excluding hydrogens is 312 g/mol. The lowest BCUT2D eigenvalue weighted by Crippen LogP contribution is -2.22. The van der Waals surface area contributed by atoms with Crippen LogP contribution in [0.25, 0.3) is 0 Å². The van der Waals surface area contributed by atoms with Crippen molar-refractivity contribution in [2.24, 2.45) is 0 Å². The molecule has 126 valence electrons. The molecule has 7 nitrogen and oxygen atoms in total. The van der Waals surface area contributed by atoms with Gasteiger partial charge in [-0.2, -0.15) is 5.10 Å². The smallest absolute Gasteiger partial charge is 0.208 e. The van der Waals surface area contributed by atoms with Crippen LogP contribution in [0.1, 0.15) is 35.8 Å². The van der Waals surface area contributed by atoms with E-state index in [1.54, 1.807) is 11.3 Å². The predicted molar refractivity (Wildman–Crippen MR) is 90.7 cm³/mol. The van der Waals surface area contributed by atoms with E-state index < -0.39 is 6.10 Å². The van der Waals surface area contributed by atoms with Gasteiger partial charge in [0, 0.05) is 19.6 Å². The van der Waals surface area contributed by atoms with E-state index in [2.05, 4.69) is 27.1 Å². The molecule has 1 atom stereocenters. The van der Waals surface area contributed by atoms with Gasteiger partial charge in [0.1, 0.15) is 11.1 Å². The average molecular weight is 336 g/mol. The topological polar surface area (TPSA) is 70.3 Å². The zero-order valence-corrected chi connectivity index (χ0v) is 14.8. The van der Waals surface area contributed by atoms with Crippen LogP contribution in [0.4, 0.5) is 5.13 Å². The first-order chi connectivity index (χ1) is 11.1. The summed E-state index contributed by atoms with van der Waals surface area (Å²) in [5.41, 5.74) is 1.88. The predicted octanol–water partition coefficient (Wildman–Crippen LogP) is 1.30. The van der Waals surface area contributed by atoms with Crippen molar-refractivity contribution in [1.29, 1.82) is 0 Å². The van der Waals surface area contributed by atoms with E-state index in [0.717, 1.165) is 54.0 Å². The van der Waals surface area contributed by atoms with Gasteiger partial charge in [0.2, 0.25) is 5.13 Å². The number of aliphatic hydroxyl groups excluding tert-OH is 1. The molecule has 0 fully saturated rings. The summed E-state index contributed by atoms with van der Waals surface area (Å²) in [6.45, 7) is 5.27. The molecule has 1 aliphatic rings. The fourth-order valence-electron chi connectivity index (χ4n) is 2.77. The second kappa shape index (κ2) is 6.94. The summed E-state index contributed by atoms with van der Waals surface area (Å²) in [6, 6.07) is 2.02. The third-order valence-corrected chi connectivity index (χ3v) is 5.07. The van der Waals surface area contributed by atoms with Crippen LogP contribution in [0.2, 0.25) is 0 Å². The standard InChI is InChI=1S/C15H24N6OS/c1-4-14-16-17-15(23-14)20-6-5-7-21-11(9-20)8-12(18-21)13(22)10-19(2)3/h8,13,22H,4-7,9-10H2,1-3H3. The number of aromatic nitrogens is 4. The van der Waals surface area contributed by atoms with E-state index in [9.17, 15) is 5.11 Å². The van der Waals surface area contributed by atoms with Crippen molar-refractivity contribution in [2.75, 3.05) is 32.1 Å². The number of nitrogens with zero attached hydrogens (tertiary/aromatic N) is 6. The summed E-state index contributed by atoms with van der Waals surface area (Å²) in [5.74, 6) is 0. The minimum atomic E-state index is -0.550. The lowest BCUT2D eigenvalue weighted by molar-refractivity contribution is 0.133. The summed E-state index contributed by atoms with van der Waals surface area (Å²) in [5, 5.41) is 25.5. The molecule has 0 spiro atoms. The molecule has 3 rings (SSSR count). The van der Waals surface area contributed by atoms with Crippen molar-refractivity contribution in [3.8, 4) is 0 Å².